The lowest BCUT2D eigenvalue weighted by atomic mass is 9.90. The fourth-order valence-electron chi connectivity index (χ4n) is 1.89. The van der Waals surface area contributed by atoms with Gasteiger partial charge in [0.2, 0.25) is 0 Å². The molecule has 0 aromatic carbocycles. The maximum absolute atomic E-state index is 11.2. The predicted octanol–water partition coefficient (Wildman–Crippen LogP) is 1.62. The van der Waals surface area contributed by atoms with Crippen LogP contribution in [0.3, 0.4) is 0 Å². The molecule has 0 aliphatic heterocycles. The Balaban J connectivity index is 2.10. The molecule has 0 saturated heterocycles. The third kappa shape index (κ3) is 0.707. The van der Waals surface area contributed by atoms with E-state index in [1.807, 2.05) is 0 Å². The van der Waals surface area contributed by atoms with Crippen molar-refractivity contribution in [3.05, 3.63) is 0 Å². The van der Waals surface area contributed by atoms with Gasteiger partial charge in [0.25, 0.3) is 0 Å². The number of fused-ring (bicyclic) bond motifs is 1. The number of hydrogen-bond acceptors (Lipinski definition) is 1. The third-order valence-electron chi connectivity index (χ3n) is 2.74. The number of hydrogen-bond donors (Lipinski definition) is 0. The zero-order valence-electron chi connectivity index (χ0n) is 5.76. The lowest BCUT2D eigenvalue weighted by Crippen LogP contribution is -2.18. The molecule has 0 N–H and O–H groups in total. The highest BCUT2D eigenvalue weighted by Crippen LogP contribution is 2.48. The van der Waals surface area contributed by atoms with Gasteiger partial charge in [-0.25, -0.2) is 0 Å². The van der Waals surface area contributed by atoms with Crippen molar-refractivity contribution in [2.75, 3.05) is 0 Å². The van der Waals surface area contributed by atoms with Crippen molar-refractivity contribution in [2.24, 2.45) is 17.8 Å². The SMILES string of the molecule is C[C@@H]1CC[C@H]2C[C@H]2C1=O. The molecule has 1 nitrogen and oxygen atoms in total. The first-order valence-electron chi connectivity index (χ1n) is 3.83. The van der Waals surface area contributed by atoms with Gasteiger partial charge in [-0.1, -0.05) is 6.92 Å². The van der Waals surface area contributed by atoms with Crippen molar-refractivity contribution in [3.8, 4) is 0 Å². The molecule has 0 radical (unpaired) electrons. The lowest BCUT2D eigenvalue weighted by Gasteiger charge is -2.14. The van der Waals surface area contributed by atoms with Crippen LogP contribution in [0, 0.1) is 17.8 Å². The molecular weight excluding hydrogens is 112 g/mol. The number of ketones is 1. The minimum absolute atomic E-state index is 0.383. The summed E-state index contributed by atoms with van der Waals surface area (Å²) in [5, 5.41) is 0. The summed E-state index contributed by atoms with van der Waals surface area (Å²) in [6.07, 6.45) is 3.68. The second-order valence-corrected chi connectivity index (χ2v) is 3.48. The van der Waals surface area contributed by atoms with Crippen LogP contribution in [0.5, 0.6) is 0 Å². The van der Waals surface area contributed by atoms with E-state index in [-0.39, 0.29) is 0 Å². The van der Waals surface area contributed by atoms with Crippen LogP contribution in [0.15, 0.2) is 0 Å². The standard InChI is InChI=1S/C8H12O/c1-5-2-3-6-4-7(6)8(5)9/h5-7H,2-4H2,1H3/t5-,6+,7-/m1/s1. The molecule has 0 heterocycles. The molecule has 2 fully saturated rings. The summed E-state index contributed by atoms with van der Waals surface area (Å²) >= 11 is 0. The average Bonchev–Trinajstić information content (AvgIpc) is 2.58. The quantitative estimate of drug-likeness (QED) is 0.479. The van der Waals surface area contributed by atoms with E-state index in [4.69, 9.17) is 0 Å². The summed E-state index contributed by atoms with van der Waals surface area (Å²) in [5.41, 5.74) is 0. The molecule has 0 aromatic rings. The van der Waals surface area contributed by atoms with Gasteiger partial charge in [0.15, 0.2) is 0 Å². The van der Waals surface area contributed by atoms with Gasteiger partial charge < -0.3 is 0 Å². The molecule has 0 unspecified atom stereocenters. The van der Waals surface area contributed by atoms with Gasteiger partial charge in [-0.05, 0) is 25.2 Å². The van der Waals surface area contributed by atoms with Gasteiger partial charge in [-0.2, -0.15) is 0 Å². The van der Waals surface area contributed by atoms with Crippen molar-refractivity contribution in [1.29, 1.82) is 0 Å². The van der Waals surface area contributed by atoms with Gasteiger partial charge in [-0.3, -0.25) is 4.79 Å². The van der Waals surface area contributed by atoms with Crippen LogP contribution < -0.4 is 0 Å². The Hall–Kier alpha value is -0.330. The van der Waals surface area contributed by atoms with Gasteiger partial charge in [-0.15, -0.1) is 0 Å². The van der Waals surface area contributed by atoms with Crippen LogP contribution in [-0.4, -0.2) is 5.78 Å². The van der Waals surface area contributed by atoms with E-state index in [9.17, 15) is 4.79 Å². The van der Waals surface area contributed by atoms with Crippen molar-refractivity contribution in [2.45, 2.75) is 26.2 Å². The maximum atomic E-state index is 11.2. The van der Waals surface area contributed by atoms with Crippen molar-refractivity contribution in [1.82, 2.24) is 0 Å². The molecule has 0 spiro atoms. The van der Waals surface area contributed by atoms with Gasteiger partial charge >= 0.3 is 0 Å². The van der Waals surface area contributed by atoms with Gasteiger partial charge in [0.1, 0.15) is 5.78 Å². The van der Waals surface area contributed by atoms with Crippen LogP contribution in [0.4, 0.5) is 0 Å². The van der Waals surface area contributed by atoms with Crippen LogP contribution in [0.25, 0.3) is 0 Å². The summed E-state index contributed by atoms with van der Waals surface area (Å²) in [7, 11) is 0. The smallest absolute Gasteiger partial charge is 0.139 e. The summed E-state index contributed by atoms with van der Waals surface area (Å²) in [4.78, 5) is 11.2. The monoisotopic (exact) mass is 124 g/mol. The Morgan fingerprint density at radius 1 is 1.44 bits per heavy atom. The molecule has 50 valence electrons. The minimum atomic E-state index is 0.383. The first-order chi connectivity index (χ1) is 4.29. The maximum Gasteiger partial charge on any atom is 0.139 e. The molecule has 3 atom stereocenters. The molecule has 1 heteroatoms. The Labute approximate surface area is 55.4 Å². The summed E-state index contributed by atoms with van der Waals surface area (Å²) in [6, 6.07) is 0. The fraction of sp³-hybridized carbons (Fsp3) is 0.875. The Morgan fingerprint density at radius 3 is 2.89 bits per heavy atom. The van der Waals surface area contributed by atoms with E-state index in [0.717, 1.165) is 12.3 Å². The predicted molar refractivity (Wildman–Crippen MR) is 35.0 cm³/mol. The van der Waals surface area contributed by atoms with E-state index in [0.29, 0.717) is 17.6 Å². The molecule has 0 aromatic heterocycles. The Morgan fingerprint density at radius 2 is 2.22 bits per heavy atom. The highest BCUT2D eigenvalue weighted by Gasteiger charge is 2.47. The topological polar surface area (TPSA) is 17.1 Å². The molecule has 0 amide bonds. The van der Waals surface area contributed by atoms with Crippen LogP contribution >= 0.6 is 0 Å². The molecule has 9 heavy (non-hydrogen) atoms. The van der Waals surface area contributed by atoms with Crippen molar-refractivity contribution >= 4 is 5.78 Å². The number of carbonyl (C=O) groups is 1. The Kier molecular flexibility index (Phi) is 0.961. The molecule has 0 bridgehead atoms. The molecule has 2 saturated carbocycles. The van der Waals surface area contributed by atoms with Gasteiger partial charge in [0.05, 0.1) is 0 Å². The second kappa shape index (κ2) is 1.59. The fourth-order valence-corrected chi connectivity index (χ4v) is 1.89. The number of Topliss-reactive ketones (excluding diaryl/α,β-unsaturated/α-hetero) is 1. The third-order valence-corrected chi connectivity index (χ3v) is 2.74. The second-order valence-electron chi connectivity index (χ2n) is 3.48. The largest absolute Gasteiger partial charge is 0.299 e. The van der Waals surface area contributed by atoms with E-state index >= 15 is 0 Å². The first-order valence-corrected chi connectivity index (χ1v) is 3.83. The summed E-state index contributed by atoms with van der Waals surface area (Å²) in [5.74, 6) is 2.25. The Bertz CT molecular complexity index is 147. The zero-order valence-corrected chi connectivity index (χ0v) is 5.76. The molecule has 2 aliphatic carbocycles. The summed E-state index contributed by atoms with van der Waals surface area (Å²) in [6.45, 7) is 2.07. The van der Waals surface area contributed by atoms with Crippen molar-refractivity contribution < 1.29 is 4.79 Å². The van der Waals surface area contributed by atoms with Gasteiger partial charge in [0, 0.05) is 11.8 Å². The average molecular weight is 124 g/mol. The summed E-state index contributed by atoms with van der Waals surface area (Å²) < 4.78 is 0. The van der Waals surface area contributed by atoms with E-state index in [1.54, 1.807) is 0 Å². The zero-order chi connectivity index (χ0) is 6.43. The molecular formula is C8H12O. The highest BCUT2D eigenvalue weighted by atomic mass is 16.1. The van der Waals surface area contributed by atoms with Crippen LogP contribution in [0.2, 0.25) is 0 Å². The molecule has 2 aliphatic rings. The first kappa shape index (κ1) is 5.45. The van der Waals surface area contributed by atoms with Crippen LogP contribution in [-0.2, 0) is 4.79 Å². The number of carbonyl (C=O) groups excluding carboxylic acids is 1. The molecule has 2 rings (SSSR count). The lowest BCUT2D eigenvalue weighted by molar-refractivity contribution is -0.125. The minimum Gasteiger partial charge on any atom is -0.299 e. The van der Waals surface area contributed by atoms with E-state index in [2.05, 4.69) is 6.92 Å². The highest BCUT2D eigenvalue weighted by molar-refractivity contribution is 5.86. The van der Waals surface area contributed by atoms with E-state index in [1.165, 1.54) is 12.8 Å². The van der Waals surface area contributed by atoms with Crippen LogP contribution in [0.1, 0.15) is 26.2 Å². The number of rotatable bonds is 0. The van der Waals surface area contributed by atoms with E-state index < -0.39 is 0 Å². The normalized spacial score (nSPS) is 48.6. The van der Waals surface area contributed by atoms with Crippen molar-refractivity contribution in [3.63, 3.8) is 0 Å².